The topological polar surface area (TPSA) is 57.5 Å². The fourth-order valence-corrected chi connectivity index (χ4v) is 0. The molecule has 0 rings (SSSR count). The molecule has 0 amide bonds. The van der Waals surface area contributed by atoms with Gasteiger partial charge in [0.2, 0.25) is 0 Å². The van der Waals surface area contributed by atoms with Gasteiger partial charge in [-0.1, -0.05) is 0 Å². The highest BCUT2D eigenvalue weighted by molar-refractivity contribution is 7.73. The highest BCUT2D eigenvalue weighted by atomic mass is 32.2. The zero-order valence-electron chi connectivity index (χ0n) is 4.22. The van der Waals surface area contributed by atoms with Crippen molar-refractivity contribution < 1.29 is 30.9 Å². The van der Waals surface area contributed by atoms with E-state index in [0.29, 0.717) is 0 Å². The van der Waals surface area contributed by atoms with Crippen LogP contribution in [0.2, 0.25) is 0 Å². The van der Waals surface area contributed by atoms with Gasteiger partial charge in [0.1, 0.15) is 0 Å². The lowest BCUT2D eigenvalue weighted by Crippen LogP contribution is -1.74. The summed E-state index contributed by atoms with van der Waals surface area (Å²) >= 11 is -2.61. The Labute approximate surface area is 55.5 Å². The minimum absolute atomic E-state index is 2.61. The van der Waals surface area contributed by atoms with Crippen LogP contribution in [0.25, 0.3) is 0 Å². The number of hydrogen-bond donors (Lipinski definition) is 2. The summed E-state index contributed by atoms with van der Waals surface area (Å²) in [5, 5.41) is 0. The van der Waals surface area contributed by atoms with Crippen LogP contribution in [-0.4, -0.2) is 13.3 Å². The van der Waals surface area contributed by atoms with E-state index in [-0.39, 0.29) is 0 Å². The molecule has 0 heterocycles. The first-order chi connectivity index (χ1) is 4.37. The summed E-state index contributed by atoms with van der Waals surface area (Å²) in [5.41, 5.74) is 0. The van der Waals surface area contributed by atoms with Crippen LogP contribution in [0, 0.1) is 0 Å². The van der Waals surface area contributed by atoms with Crippen LogP contribution in [0.15, 0.2) is 12.2 Å². The van der Waals surface area contributed by atoms with E-state index in [1.807, 2.05) is 0 Å². The lowest BCUT2D eigenvalue weighted by Gasteiger charge is -1.69. The second kappa shape index (κ2) is 6.65. The van der Waals surface area contributed by atoms with Crippen LogP contribution >= 0.6 is 0 Å². The van der Waals surface area contributed by atoms with E-state index >= 15 is 0 Å². The van der Waals surface area contributed by atoms with Crippen molar-refractivity contribution in [2.75, 3.05) is 0 Å². The third-order valence-electron chi connectivity index (χ3n) is 0.143. The maximum atomic E-state index is 10.3. The van der Waals surface area contributed by atoms with Crippen LogP contribution in [0.1, 0.15) is 0 Å². The molecular formula is C2H2F4O3S. The molecule has 0 spiro atoms. The van der Waals surface area contributed by atoms with Crippen molar-refractivity contribution in [1.82, 2.24) is 0 Å². The van der Waals surface area contributed by atoms with Gasteiger partial charge in [0.25, 0.3) is 11.4 Å². The highest BCUT2D eigenvalue weighted by Gasteiger charge is 1.98. The largest absolute Gasteiger partial charge is 0.334 e. The van der Waals surface area contributed by atoms with Crippen molar-refractivity contribution >= 4 is 11.4 Å². The first kappa shape index (κ1) is 12.2. The Balaban J connectivity index is 0. The van der Waals surface area contributed by atoms with Crippen molar-refractivity contribution in [1.29, 1.82) is 0 Å². The predicted molar refractivity (Wildman–Crippen MR) is 24.9 cm³/mol. The number of hydrogen-bond acceptors (Lipinski definition) is 1. The van der Waals surface area contributed by atoms with Gasteiger partial charge in [-0.3, -0.25) is 9.11 Å². The van der Waals surface area contributed by atoms with E-state index in [9.17, 15) is 17.6 Å². The maximum Gasteiger partial charge on any atom is 0.334 e. The predicted octanol–water partition coefficient (Wildman–Crippen LogP) is 1.67. The molecular weight excluding hydrogens is 180 g/mol. The van der Waals surface area contributed by atoms with Gasteiger partial charge in [-0.25, -0.2) is 0 Å². The van der Waals surface area contributed by atoms with Gasteiger partial charge in [0, 0.05) is 0 Å². The summed E-state index contributed by atoms with van der Waals surface area (Å²) in [6.45, 7) is 0. The molecule has 0 unspecified atom stereocenters. The Morgan fingerprint density at radius 3 is 1.10 bits per heavy atom. The second-order valence-corrected chi connectivity index (χ2v) is 1.21. The number of rotatable bonds is 0. The molecule has 0 atom stereocenters. The van der Waals surface area contributed by atoms with Gasteiger partial charge in [-0.2, -0.15) is 21.8 Å². The second-order valence-electron chi connectivity index (χ2n) is 0.752. The molecule has 0 saturated heterocycles. The standard InChI is InChI=1S/C2F4.H2O3S/c3-1(4)2(5)6;1-4(2)3/h;(H2,1,2,3). The van der Waals surface area contributed by atoms with E-state index in [1.54, 1.807) is 0 Å². The van der Waals surface area contributed by atoms with Gasteiger partial charge >= 0.3 is 12.2 Å². The molecule has 0 aliphatic rings. The molecule has 10 heavy (non-hydrogen) atoms. The summed E-state index contributed by atoms with van der Waals surface area (Å²) in [5.74, 6) is 0. The van der Waals surface area contributed by atoms with Gasteiger partial charge in [-0.05, 0) is 0 Å². The van der Waals surface area contributed by atoms with E-state index < -0.39 is 23.5 Å². The molecule has 2 N–H and O–H groups in total. The van der Waals surface area contributed by atoms with E-state index in [4.69, 9.17) is 13.3 Å². The average molecular weight is 182 g/mol. The van der Waals surface area contributed by atoms with Crippen LogP contribution in [0.3, 0.4) is 0 Å². The van der Waals surface area contributed by atoms with E-state index in [2.05, 4.69) is 0 Å². The Morgan fingerprint density at radius 1 is 1.00 bits per heavy atom. The molecule has 0 aromatic carbocycles. The molecule has 0 fully saturated rings. The molecule has 0 aliphatic carbocycles. The Hall–Kier alpha value is -0.470. The summed E-state index contributed by atoms with van der Waals surface area (Å²) in [6, 6.07) is 0. The summed E-state index contributed by atoms with van der Waals surface area (Å²) in [4.78, 5) is 0. The van der Waals surface area contributed by atoms with Gasteiger partial charge in [-0.15, -0.1) is 0 Å². The minimum Gasteiger partial charge on any atom is -0.284 e. The van der Waals surface area contributed by atoms with Crippen LogP contribution in [-0.2, 0) is 11.4 Å². The Morgan fingerprint density at radius 2 is 1.10 bits per heavy atom. The van der Waals surface area contributed by atoms with Crippen molar-refractivity contribution in [3.05, 3.63) is 12.2 Å². The van der Waals surface area contributed by atoms with Crippen molar-refractivity contribution in [3.8, 4) is 0 Å². The molecule has 3 nitrogen and oxygen atoms in total. The van der Waals surface area contributed by atoms with Gasteiger partial charge in [0.05, 0.1) is 0 Å². The fourth-order valence-electron chi connectivity index (χ4n) is 0. The van der Waals surface area contributed by atoms with Crippen molar-refractivity contribution in [3.63, 3.8) is 0 Å². The van der Waals surface area contributed by atoms with Crippen LogP contribution in [0.4, 0.5) is 17.6 Å². The smallest absolute Gasteiger partial charge is 0.284 e. The Kier molecular flexibility index (Phi) is 8.13. The summed E-state index contributed by atoms with van der Waals surface area (Å²) in [7, 11) is 0. The maximum absolute atomic E-state index is 10.3. The SMILES string of the molecule is FC(F)=C(F)F.O=S(O)O. The third-order valence-corrected chi connectivity index (χ3v) is 0.143. The zero-order valence-corrected chi connectivity index (χ0v) is 5.04. The highest BCUT2D eigenvalue weighted by Crippen LogP contribution is 2.08. The fraction of sp³-hybridized carbons (Fsp3) is 0. The summed E-state index contributed by atoms with van der Waals surface area (Å²) < 4.78 is 64.0. The molecule has 0 aliphatic heterocycles. The monoisotopic (exact) mass is 182 g/mol. The van der Waals surface area contributed by atoms with Crippen molar-refractivity contribution in [2.45, 2.75) is 0 Å². The molecule has 0 bridgehead atoms. The van der Waals surface area contributed by atoms with Gasteiger partial charge < -0.3 is 0 Å². The zero-order chi connectivity index (χ0) is 8.73. The van der Waals surface area contributed by atoms with Crippen LogP contribution in [0.5, 0.6) is 0 Å². The molecule has 62 valence electrons. The molecule has 0 aromatic heterocycles. The van der Waals surface area contributed by atoms with Crippen LogP contribution < -0.4 is 0 Å². The molecule has 0 aromatic rings. The summed E-state index contributed by atoms with van der Waals surface area (Å²) in [6.07, 6.45) is -5.81. The third kappa shape index (κ3) is 25.8. The lowest BCUT2D eigenvalue weighted by molar-refractivity contribution is 0.308. The van der Waals surface area contributed by atoms with Gasteiger partial charge in [0.15, 0.2) is 0 Å². The first-order valence-corrected chi connectivity index (χ1v) is 2.60. The lowest BCUT2D eigenvalue weighted by atomic mass is 11.1. The van der Waals surface area contributed by atoms with Crippen molar-refractivity contribution in [2.24, 2.45) is 0 Å². The quantitative estimate of drug-likeness (QED) is 0.442. The Bertz CT molecular complexity index is 123. The normalized spacial score (nSPS) is 8.30. The molecule has 8 heteroatoms. The van der Waals surface area contributed by atoms with E-state index in [1.165, 1.54) is 0 Å². The first-order valence-electron chi connectivity index (χ1n) is 1.54. The van der Waals surface area contributed by atoms with E-state index in [0.717, 1.165) is 0 Å². The molecule has 0 radical (unpaired) electrons. The average Bonchev–Trinajstić information content (AvgIpc) is 1.63. The molecule has 0 saturated carbocycles. The number of halogens is 4. The minimum atomic E-state index is -2.91.